The average Bonchev–Trinajstić information content (AvgIpc) is 3.06. The molecule has 0 aromatic carbocycles. The smallest absolute Gasteiger partial charge is 0.0943 e. The standard InChI is InChI=1S/C15H24N2OS2/c1-11-9-20-14(17-11)7-13(16-2)12-3-5-18-15(8-12)4-6-19-10-15/h9,12-13,16H,3-8,10H2,1-2H3. The molecule has 1 N–H and O–H groups in total. The van der Waals surface area contributed by atoms with Crippen LogP contribution in [0.15, 0.2) is 5.38 Å². The molecule has 3 nitrogen and oxygen atoms in total. The Balaban J connectivity index is 1.65. The average molecular weight is 313 g/mol. The van der Waals surface area contributed by atoms with E-state index < -0.39 is 0 Å². The summed E-state index contributed by atoms with van der Waals surface area (Å²) in [6.45, 7) is 3.01. The van der Waals surface area contributed by atoms with Crippen LogP contribution >= 0.6 is 23.1 Å². The molecule has 5 heteroatoms. The SMILES string of the molecule is CNC(Cc1nc(C)cs1)C1CCOC2(CCSC2)C1. The molecule has 0 amide bonds. The molecule has 1 spiro atoms. The summed E-state index contributed by atoms with van der Waals surface area (Å²) in [6.07, 6.45) is 4.70. The van der Waals surface area contributed by atoms with Crippen LogP contribution in [-0.4, -0.2) is 41.8 Å². The van der Waals surface area contributed by atoms with Gasteiger partial charge in [0.1, 0.15) is 0 Å². The van der Waals surface area contributed by atoms with Gasteiger partial charge in [-0.1, -0.05) is 0 Å². The van der Waals surface area contributed by atoms with Crippen LogP contribution in [0.1, 0.15) is 30.0 Å². The summed E-state index contributed by atoms with van der Waals surface area (Å²) in [4.78, 5) is 4.63. The number of ether oxygens (including phenoxy) is 1. The highest BCUT2D eigenvalue weighted by Gasteiger charge is 2.42. The Hall–Kier alpha value is -0.100. The summed E-state index contributed by atoms with van der Waals surface area (Å²) in [5.41, 5.74) is 1.33. The van der Waals surface area contributed by atoms with Gasteiger partial charge in [0, 0.05) is 35.9 Å². The van der Waals surface area contributed by atoms with Gasteiger partial charge >= 0.3 is 0 Å². The second-order valence-corrected chi connectivity index (χ2v) is 8.12. The lowest BCUT2D eigenvalue weighted by Gasteiger charge is -2.40. The number of likely N-dealkylation sites (N-methyl/N-ethyl adjacent to an activating group) is 1. The molecule has 2 saturated heterocycles. The van der Waals surface area contributed by atoms with Crippen LogP contribution in [-0.2, 0) is 11.2 Å². The van der Waals surface area contributed by atoms with Crippen molar-refractivity contribution in [3.05, 3.63) is 16.1 Å². The van der Waals surface area contributed by atoms with E-state index in [-0.39, 0.29) is 5.60 Å². The van der Waals surface area contributed by atoms with Crippen molar-refractivity contribution in [3.8, 4) is 0 Å². The van der Waals surface area contributed by atoms with Crippen molar-refractivity contribution in [2.24, 2.45) is 5.92 Å². The first-order chi connectivity index (χ1) is 9.71. The van der Waals surface area contributed by atoms with E-state index in [1.165, 1.54) is 35.8 Å². The highest BCUT2D eigenvalue weighted by atomic mass is 32.2. The summed E-state index contributed by atoms with van der Waals surface area (Å²) in [7, 11) is 2.09. The van der Waals surface area contributed by atoms with E-state index in [0.717, 1.165) is 24.6 Å². The van der Waals surface area contributed by atoms with E-state index in [9.17, 15) is 0 Å². The number of nitrogens with one attached hydrogen (secondary N) is 1. The van der Waals surface area contributed by atoms with Gasteiger partial charge in [-0.15, -0.1) is 11.3 Å². The van der Waals surface area contributed by atoms with Crippen LogP contribution in [0, 0.1) is 12.8 Å². The van der Waals surface area contributed by atoms with Gasteiger partial charge in [-0.05, 0) is 44.9 Å². The first-order valence-corrected chi connectivity index (χ1v) is 9.54. The molecular weight excluding hydrogens is 288 g/mol. The minimum absolute atomic E-state index is 0.182. The zero-order valence-corrected chi connectivity index (χ0v) is 14.0. The summed E-state index contributed by atoms with van der Waals surface area (Å²) < 4.78 is 6.14. The lowest BCUT2D eigenvalue weighted by atomic mass is 9.80. The van der Waals surface area contributed by atoms with E-state index in [2.05, 4.69) is 41.4 Å². The van der Waals surface area contributed by atoms with Crippen LogP contribution in [0.3, 0.4) is 0 Å². The second-order valence-electron chi connectivity index (χ2n) is 6.07. The highest BCUT2D eigenvalue weighted by Crippen LogP contribution is 2.41. The topological polar surface area (TPSA) is 34.2 Å². The lowest BCUT2D eigenvalue weighted by molar-refractivity contribution is -0.0847. The van der Waals surface area contributed by atoms with Gasteiger partial charge in [0.25, 0.3) is 0 Å². The zero-order valence-electron chi connectivity index (χ0n) is 12.4. The third-order valence-corrected chi connectivity index (χ3v) is 6.81. The molecule has 0 radical (unpaired) electrons. The maximum atomic E-state index is 6.14. The second kappa shape index (κ2) is 6.34. The number of hydrogen-bond acceptors (Lipinski definition) is 5. The number of rotatable bonds is 4. The molecule has 0 saturated carbocycles. The lowest BCUT2D eigenvalue weighted by Crippen LogP contribution is -2.47. The van der Waals surface area contributed by atoms with Crippen LogP contribution < -0.4 is 5.32 Å². The van der Waals surface area contributed by atoms with E-state index in [0.29, 0.717) is 6.04 Å². The van der Waals surface area contributed by atoms with Crippen molar-refractivity contribution < 1.29 is 4.74 Å². The van der Waals surface area contributed by atoms with E-state index in [1.807, 2.05) is 0 Å². The number of hydrogen-bond donors (Lipinski definition) is 1. The molecule has 3 rings (SSSR count). The molecule has 0 aliphatic carbocycles. The van der Waals surface area contributed by atoms with Crippen molar-refractivity contribution in [2.75, 3.05) is 25.2 Å². The number of nitrogens with zero attached hydrogens (tertiary/aromatic N) is 1. The number of aryl methyl sites for hydroxylation is 1. The molecule has 3 heterocycles. The van der Waals surface area contributed by atoms with Crippen LogP contribution in [0.4, 0.5) is 0 Å². The van der Waals surface area contributed by atoms with Crippen molar-refractivity contribution in [3.63, 3.8) is 0 Å². The molecule has 2 aliphatic rings. The van der Waals surface area contributed by atoms with Crippen LogP contribution in [0.25, 0.3) is 0 Å². The largest absolute Gasteiger partial charge is 0.374 e. The third kappa shape index (κ3) is 3.21. The van der Waals surface area contributed by atoms with Gasteiger partial charge in [-0.25, -0.2) is 4.98 Å². The maximum absolute atomic E-state index is 6.14. The number of thiazole rings is 1. The summed E-state index contributed by atoms with van der Waals surface area (Å²) in [5.74, 6) is 3.18. The van der Waals surface area contributed by atoms with E-state index >= 15 is 0 Å². The predicted molar refractivity (Wildman–Crippen MR) is 86.8 cm³/mol. The molecule has 112 valence electrons. The Morgan fingerprint density at radius 3 is 3.15 bits per heavy atom. The third-order valence-electron chi connectivity index (χ3n) is 4.60. The summed E-state index contributed by atoms with van der Waals surface area (Å²) in [5, 5.41) is 6.96. The summed E-state index contributed by atoms with van der Waals surface area (Å²) >= 11 is 3.85. The number of aromatic nitrogens is 1. The Bertz CT molecular complexity index is 443. The Kier molecular flexibility index (Phi) is 4.70. The van der Waals surface area contributed by atoms with Gasteiger partial charge in [-0.2, -0.15) is 11.8 Å². The molecule has 3 atom stereocenters. The molecule has 20 heavy (non-hydrogen) atoms. The molecule has 1 aromatic rings. The first-order valence-electron chi connectivity index (χ1n) is 7.51. The molecule has 3 unspecified atom stereocenters. The fraction of sp³-hybridized carbons (Fsp3) is 0.800. The van der Waals surface area contributed by atoms with Gasteiger partial charge in [-0.3, -0.25) is 0 Å². The molecule has 1 aromatic heterocycles. The Morgan fingerprint density at radius 2 is 2.50 bits per heavy atom. The normalized spacial score (nSPS) is 31.8. The maximum Gasteiger partial charge on any atom is 0.0943 e. The molecular formula is C15H24N2OS2. The Labute approximate surface area is 129 Å². The van der Waals surface area contributed by atoms with Crippen LogP contribution in [0.2, 0.25) is 0 Å². The fourth-order valence-corrected chi connectivity index (χ4v) is 5.67. The Morgan fingerprint density at radius 1 is 1.60 bits per heavy atom. The minimum Gasteiger partial charge on any atom is -0.374 e. The molecule has 2 aliphatic heterocycles. The van der Waals surface area contributed by atoms with Gasteiger partial charge in [0.15, 0.2) is 0 Å². The van der Waals surface area contributed by atoms with Gasteiger partial charge < -0.3 is 10.1 Å². The quantitative estimate of drug-likeness (QED) is 0.927. The minimum atomic E-state index is 0.182. The number of thioether (sulfide) groups is 1. The van der Waals surface area contributed by atoms with E-state index in [4.69, 9.17) is 4.74 Å². The van der Waals surface area contributed by atoms with Crippen molar-refractivity contribution in [1.82, 2.24) is 10.3 Å². The van der Waals surface area contributed by atoms with Crippen molar-refractivity contribution >= 4 is 23.1 Å². The predicted octanol–water partition coefficient (Wildman–Crippen LogP) is 2.88. The molecule has 2 fully saturated rings. The van der Waals surface area contributed by atoms with Gasteiger partial charge in [0.05, 0.1) is 10.6 Å². The molecule has 0 bridgehead atoms. The van der Waals surface area contributed by atoms with Gasteiger partial charge in [0.2, 0.25) is 0 Å². The van der Waals surface area contributed by atoms with Crippen LogP contribution in [0.5, 0.6) is 0 Å². The highest BCUT2D eigenvalue weighted by molar-refractivity contribution is 7.99. The monoisotopic (exact) mass is 312 g/mol. The zero-order chi connectivity index (χ0) is 14.0. The van der Waals surface area contributed by atoms with Crippen molar-refractivity contribution in [2.45, 2.75) is 44.2 Å². The fourth-order valence-electron chi connectivity index (χ4n) is 3.46. The van der Waals surface area contributed by atoms with E-state index in [1.54, 1.807) is 11.3 Å². The first kappa shape index (κ1) is 14.8. The van der Waals surface area contributed by atoms with Crippen molar-refractivity contribution in [1.29, 1.82) is 0 Å². The summed E-state index contributed by atoms with van der Waals surface area (Å²) in [6, 6.07) is 0.534.